The quantitative estimate of drug-likeness (QED) is 0.847. The van der Waals surface area contributed by atoms with Gasteiger partial charge in [0.25, 0.3) is 5.91 Å². The summed E-state index contributed by atoms with van der Waals surface area (Å²) >= 11 is 1.31. The summed E-state index contributed by atoms with van der Waals surface area (Å²) in [6.45, 7) is 4.02. The molecule has 9 heteroatoms. The lowest BCUT2D eigenvalue weighted by atomic mass is 10.1. The van der Waals surface area contributed by atoms with Crippen molar-refractivity contribution < 1.29 is 22.7 Å². The highest BCUT2D eigenvalue weighted by molar-refractivity contribution is 7.13. The van der Waals surface area contributed by atoms with E-state index < -0.39 is 23.7 Å². The van der Waals surface area contributed by atoms with Crippen LogP contribution in [0.5, 0.6) is 5.88 Å². The molecular formula is C15H14F3N3O2S. The topological polar surface area (TPSA) is 55.3 Å². The number of hydrogen-bond acceptors (Lipinski definition) is 5. The molecule has 0 aliphatic carbocycles. The van der Waals surface area contributed by atoms with Crippen LogP contribution in [0.4, 0.5) is 13.2 Å². The maximum Gasteiger partial charge on any atom is 0.421 e. The van der Waals surface area contributed by atoms with Crippen molar-refractivity contribution in [3.8, 4) is 5.88 Å². The number of carbonyl (C=O) groups is 1. The lowest BCUT2D eigenvalue weighted by Gasteiger charge is -2.38. The molecule has 0 aromatic carbocycles. The van der Waals surface area contributed by atoms with E-state index in [1.165, 1.54) is 28.5 Å². The molecule has 24 heavy (non-hydrogen) atoms. The molecule has 0 unspecified atom stereocenters. The Morgan fingerprint density at radius 3 is 2.67 bits per heavy atom. The van der Waals surface area contributed by atoms with E-state index in [2.05, 4.69) is 9.97 Å². The molecular weight excluding hydrogens is 343 g/mol. The van der Waals surface area contributed by atoms with Crippen LogP contribution in [0.25, 0.3) is 0 Å². The largest absolute Gasteiger partial charge is 0.470 e. The average molecular weight is 357 g/mol. The van der Waals surface area contributed by atoms with Crippen LogP contribution in [0.3, 0.4) is 0 Å². The Balaban J connectivity index is 1.64. The van der Waals surface area contributed by atoms with E-state index in [1.807, 2.05) is 6.92 Å². The van der Waals surface area contributed by atoms with E-state index in [9.17, 15) is 18.0 Å². The molecule has 2 aromatic heterocycles. The molecule has 1 aliphatic rings. The second kappa shape index (κ2) is 6.04. The van der Waals surface area contributed by atoms with Gasteiger partial charge in [0.1, 0.15) is 16.5 Å². The highest BCUT2D eigenvalue weighted by Gasteiger charge is 2.39. The van der Waals surface area contributed by atoms with Crippen LogP contribution < -0.4 is 4.74 Å². The smallest absolute Gasteiger partial charge is 0.421 e. The number of carbonyl (C=O) groups excluding carboxylic acids is 1. The number of nitrogens with zero attached hydrogens (tertiary/aromatic N) is 3. The summed E-state index contributed by atoms with van der Waals surface area (Å²) in [5.74, 6) is -0.623. The maximum atomic E-state index is 12.9. The number of aromatic nitrogens is 2. The minimum absolute atomic E-state index is 0.171. The number of thiazole rings is 1. The zero-order valence-electron chi connectivity index (χ0n) is 12.9. The van der Waals surface area contributed by atoms with Crippen molar-refractivity contribution in [2.24, 2.45) is 0 Å². The molecule has 0 saturated carbocycles. The minimum Gasteiger partial charge on any atom is -0.470 e. The predicted molar refractivity (Wildman–Crippen MR) is 81.1 cm³/mol. The maximum absolute atomic E-state index is 12.9. The van der Waals surface area contributed by atoms with Gasteiger partial charge in [0.2, 0.25) is 5.88 Å². The van der Waals surface area contributed by atoms with Crippen molar-refractivity contribution in [1.29, 1.82) is 0 Å². The van der Waals surface area contributed by atoms with Gasteiger partial charge in [-0.05, 0) is 26.0 Å². The van der Waals surface area contributed by atoms with E-state index in [1.54, 1.807) is 6.92 Å². The molecule has 0 N–H and O–H groups in total. The van der Waals surface area contributed by atoms with Gasteiger partial charge in [0.15, 0.2) is 0 Å². The van der Waals surface area contributed by atoms with Crippen LogP contribution in [0.15, 0.2) is 18.3 Å². The molecule has 1 amide bonds. The van der Waals surface area contributed by atoms with Gasteiger partial charge in [-0.2, -0.15) is 13.2 Å². The third kappa shape index (κ3) is 3.21. The summed E-state index contributed by atoms with van der Waals surface area (Å²) in [4.78, 5) is 22.3. The average Bonchev–Trinajstić information content (AvgIpc) is 2.80. The summed E-state index contributed by atoms with van der Waals surface area (Å²) in [6, 6.07) is 2.13. The first-order chi connectivity index (χ1) is 11.3. The third-order valence-corrected chi connectivity index (χ3v) is 4.65. The number of halogens is 3. The Labute approximate surface area is 140 Å². The van der Waals surface area contributed by atoms with Gasteiger partial charge in [-0.3, -0.25) is 4.79 Å². The van der Waals surface area contributed by atoms with E-state index in [4.69, 9.17) is 4.74 Å². The summed E-state index contributed by atoms with van der Waals surface area (Å²) in [7, 11) is 0. The van der Waals surface area contributed by atoms with Crippen LogP contribution >= 0.6 is 11.3 Å². The molecule has 0 bridgehead atoms. The van der Waals surface area contributed by atoms with Crippen molar-refractivity contribution in [3.05, 3.63) is 39.5 Å². The predicted octanol–water partition coefficient (Wildman–Crippen LogP) is 3.08. The molecule has 3 rings (SSSR count). The van der Waals surface area contributed by atoms with Crippen LogP contribution in [-0.4, -0.2) is 40.0 Å². The van der Waals surface area contributed by atoms with E-state index in [0.29, 0.717) is 10.6 Å². The Bertz CT molecular complexity index is 770. The van der Waals surface area contributed by atoms with E-state index in [-0.39, 0.29) is 19.0 Å². The van der Waals surface area contributed by atoms with Crippen molar-refractivity contribution in [2.45, 2.75) is 26.1 Å². The van der Waals surface area contributed by atoms with Crippen LogP contribution in [0.2, 0.25) is 0 Å². The summed E-state index contributed by atoms with van der Waals surface area (Å²) < 4.78 is 44.0. The van der Waals surface area contributed by atoms with Crippen molar-refractivity contribution in [2.75, 3.05) is 13.1 Å². The highest BCUT2D eigenvalue weighted by atomic mass is 32.1. The van der Waals surface area contributed by atoms with Gasteiger partial charge >= 0.3 is 6.18 Å². The van der Waals surface area contributed by atoms with Crippen molar-refractivity contribution in [3.63, 3.8) is 0 Å². The van der Waals surface area contributed by atoms with Crippen molar-refractivity contribution >= 4 is 17.2 Å². The first-order valence-corrected chi connectivity index (χ1v) is 7.99. The zero-order chi connectivity index (χ0) is 17.5. The van der Waals surface area contributed by atoms with Gasteiger partial charge in [0.05, 0.1) is 23.8 Å². The van der Waals surface area contributed by atoms with Crippen LogP contribution in [0.1, 0.15) is 25.9 Å². The second-order valence-corrected chi connectivity index (χ2v) is 6.65. The lowest BCUT2D eigenvalue weighted by molar-refractivity contribution is -0.140. The molecule has 1 saturated heterocycles. The highest BCUT2D eigenvalue weighted by Crippen LogP contribution is 2.35. The second-order valence-electron chi connectivity index (χ2n) is 5.45. The van der Waals surface area contributed by atoms with Gasteiger partial charge in [-0.25, -0.2) is 9.97 Å². The minimum atomic E-state index is -4.53. The van der Waals surface area contributed by atoms with E-state index >= 15 is 0 Å². The Morgan fingerprint density at radius 1 is 1.38 bits per heavy atom. The third-order valence-electron chi connectivity index (χ3n) is 3.59. The fourth-order valence-corrected chi connectivity index (χ4v) is 3.30. The zero-order valence-corrected chi connectivity index (χ0v) is 13.7. The molecule has 1 fully saturated rings. The van der Waals surface area contributed by atoms with Crippen LogP contribution in [0, 0.1) is 13.8 Å². The fourth-order valence-electron chi connectivity index (χ4n) is 2.41. The molecule has 128 valence electrons. The molecule has 0 spiro atoms. The van der Waals surface area contributed by atoms with Crippen LogP contribution in [-0.2, 0) is 6.18 Å². The molecule has 3 heterocycles. The number of rotatable bonds is 3. The number of pyridine rings is 1. The monoisotopic (exact) mass is 357 g/mol. The Kier molecular flexibility index (Phi) is 4.20. The fraction of sp³-hybridized carbons (Fsp3) is 0.400. The molecule has 0 atom stereocenters. The normalized spacial score (nSPS) is 15.3. The standard InChI is InChI=1S/C15H14F3N3O2S/c1-8-12(24-9(2)20-8)14(22)21-6-10(7-21)23-13-11(15(16,17)18)4-3-5-19-13/h3-5,10H,6-7H2,1-2H3. The number of likely N-dealkylation sites (tertiary alicyclic amines) is 1. The SMILES string of the molecule is Cc1nc(C)c(C(=O)N2CC(Oc3ncccc3C(F)(F)F)C2)s1. The number of amides is 1. The lowest BCUT2D eigenvalue weighted by Crippen LogP contribution is -2.56. The van der Waals surface area contributed by atoms with Gasteiger partial charge in [0, 0.05) is 6.20 Å². The van der Waals surface area contributed by atoms with Crippen molar-refractivity contribution in [1.82, 2.24) is 14.9 Å². The number of aryl methyl sites for hydroxylation is 2. The van der Waals surface area contributed by atoms with E-state index in [0.717, 1.165) is 11.1 Å². The Morgan fingerprint density at radius 2 is 2.08 bits per heavy atom. The number of ether oxygens (including phenoxy) is 1. The number of alkyl halides is 3. The Hall–Kier alpha value is -2.16. The first kappa shape index (κ1) is 16.7. The molecule has 5 nitrogen and oxygen atoms in total. The summed E-state index contributed by atoms with van der Waals surface area (Å²) in [5, 5.41) is 0.799. The number of hydrogen-bond donors (Lipinski definition) is 0. The summed E-state index contributed by atoms with van der Waals surface area (Å²) in [6.07, 6.45) is -3.78. The van der Waals surface area contributed by atoms with Gasteiger partial charge in [-0.1, -0.05) is 0 Å². The van der Waals surface area contributed by atoms with Gasteiger partial charge < -0.3 is 9.64 Å². The summed E-state index contributed by atoms with van der Waals surface area (Å²) in [5.41, 5.74) is -0.250. The molecule has 1 aliphatic heterocycles. The molecule has 0 radical (unpaired) electrons. The molecule has 2 aromatic rings. The van der Waals surface area contributed by atoms with Gasteiger partial charge in [-0.15, -0.1) is 11.3 Å². The first-order valence-electron chi connectivity index (χ1n) is 7.18.